The normalized spacial score (nSPS) is 20.0. The molecule has 2 unspecified atom stereocenters. The number of carbonyl (C=O) groups excluding carboxylic acids is 1. The van der Waals surface area contributed by atoms with Gasteiger partial charge < -0.3 is 9.64 Å². The number of hydrogen-bond donors (Lipinski definition) is 0. The molecule has 0 bridgehead atoms. The summed E-state index contributed by atoms with van der Waals surface area (Å²) < 4.78 is 5.70. The van der Waals surface area contributed by atoms with E-state index in [9.17, 15) is 14.9 Å². The molecule has 0 aromatic heterocycles. The summed E-state index contributed by atoms with van der Waals surface area (Å²) in [6.07, 6.45) is -0.0144. The summed E-state index contributed by atoms with van der Waals surface area (Å²) >= 11 is 0. The van der Waals surface area contributed by atoms with E-state index >= 15 is 0 Å². The average Bonchev–Trinajstić information content (AvgIpc) is 2.60. The highest BCUT2D eigenvalue weighted by molar-refractivity contribution is 6.09. The molecule has 3 rings (SSSR count). The van der Waals surface area contributed by atoms with Crippen LogP contribution in [0.2, 0.25) is 0 Å². The number of hydrogen-bond acceptors (Lipinski definition) is 5. The van der Waals surface area contributed by atoms with Crippen LogP contribution in [0.4, 0.5) is 11.4 Å². The molecule has 26 heavy (non-hydrogen) atoms. The molecule has 1 heterocycles. The van der Waals surface area contributed by atoms with E-state index in [0.717, 1.165) is 5.56 Å². The largest absolute Gasteiger partial charge is 0.372 e. The quantitative estimate of drug-likeness (QED) is 0.475. The third-order valence-corrected chi connectivity index (χ3v) is 4.51. The van der Waals surface area contributed by atoms with Gasteiger partial charge in [0, 0.05) is 30.3 Å². The Morgan fingerprint density at radius 2 is 1.65 bits per heavy atom. The lowest BCUT2D eigenvalue weighted by Crippen LogP contribution is -2.45. The van der Waals surface area contributed by atoms with Crippen LogP contribution in [0, 0.1) is 17.0 Å². The van der Waals surface area contributed by atoms with E-state index in [4.69, 9.17) is 4.74 Å². The van der Waals surface area contributed by atoms with Gasteiger partial charge >= 0.3 is 0 Å². The standard InChI is InChI=1S/C20H22N2O4/c1-13-4-6-16(7-5-13)20(23)17-8-9-18(19(10-17)22(24)25)21-11-14(2)26-15(3)12-21/h4-10,14-15H,11-12H2,1-3H3. The summed E-state index contributed by atoms with van der Waals surface area (Å²) in [6.45, 7) is 7.00. The lowest BCUT2D eigenvalue weighted by molar-refractivity contribution is -0.384. The van der Waals surface area contributed by atoms with Crippen LogP contribution in [-0.2, 0) is 4.74 Å². The first-order valence-electron chi connectivity index (χ1n) is 8.65. The molecule has 136 valence electrons. The molecule has 0 amide bonds. The minimum absolute atomic E-state index is 0.00720. The van der Waals surface area contributed by atoms with Crippen molar-refractivity contribution in [1.82, 2.24) is 0 Å². The molecule has 0 spiro atoms. The van der Waals surface area contributed by atoms with Gasteiger partial charge in [0.1, 0.15) is 5.69 Å². The highest BCUT2D eigenvalue weighted by atomic mass is 16.6. The zero-order valence-electron chi connectivity index (χ0n) is 15.1. The van der Waals surface area contributed by atoms with Crippen LogP contribution in [0.25, 0.3) is 0 Å². The second-order valence-corrected chi connectivity index (χ2v) is 6.82. The van der Waals surface area contributed by atoms with Crippen LogP contribution in [0.5, 0.6) is 0 Å². The van der Waals surface area contributed by atoms with Crippen LogP contribution in [-0.4, -0.2) is 36.0 Å². The Labute approximate surface area is 152 Å². The summed E-state index contributed by atoms with van der Waals surface area (Å²) in [5.74, 6) is -0.219. The van der Waals surface area contributed by atoms with E-state index in [-0.39, 0.29) is 23.7 Å². The highest BCUT2D eigenvalue weighted by Gasteiger charge is 2.28. The van der Waals surface area contributed by atoms with Crippen molar-refractivity contribution in [2.45, 2.75) is 33.0 Å². The van der Waals surface area contributed by atoms with Gasteiger partial charge in [-0.25, -0.2) is 0 Å². The van der Waals surface area contributed by atoms with Crippen LogP contribution < -0.4 is 4.90 Å². The summed E-state index contributed by atoms with van der Waals surface area (Å²) in [5.41, 5.74) is 2.37. The van der Waals surface area contributed by atoms with E-state index in [1.807, 2.05) is 37.8 Å². The predicted octanol–water partition coefficient (Wildman–Crippen LogP) is 3.75. The Bertz CT molecular complexity index is 822. The first-order valence-corrected chi connectivity index (χ1v) is 8.65. The first-order chi connectivity index (χ1) is 12.3. The third kappa shape index (κ3) is 3.75. The fraction of sp³-hybridized carbons (Fsp3) is 0.350. The minimum atomic E-state index is -0.425. The van der Waals surface area contributed by atoms with Gasteiger partial charge in [0.25, 0.3) is 5.69 Å². The van der Waals surface area contributed by atoms with Gasteiger partial charge in [0.2, 0.25) is 0 Å². The molecule has 2 aromatic carbocycles. The maximum atomic E-state index is 12.7. The Balaban J connectivity index is 1.95. The van der Waals surface area contributed by atoms with E-state index in [2.05, 4.69) is 0 Å². The predicted molar refractivity (Wildman–Crippen MR) is 99.9 cm³/mol. The van der Waals surface area contributed by atoms with Crippen molar-refractivity contribution in [3.8, 4) is 0 Å². The first kappa shape index (κ1) is 18.1. The van der Waals surface area contributed by atoms with E-state index < -0.39 is 4.92 Å². The number of morpholine rings is 1. The van der Waals surface area contributed by atoms with Crippen LogP contribution in [0.1, 0.15) is 35.3 Å². The van der Waals surface area contributed by atoms with Crippen LogP contribution in [0.3, 0.4) is 0 Å². The van der Waals surface area contributed by atoms with Gasteiger partial charge in [0.05, 0.1) is 17.1 Å². The Morgan fingerprint density at radius 1 is 1.08 bits per heavy atom. The molecule has 0 radical (unpaired) electrons. The summed E-state index contributed by atoms with van der Waals surface area (Å²) in [4.78, 5) is 25.8. The molecule has 1 fully saturated rings. The van der Waals surface area contributed by atoms with Crippen molar-refractivity contribution in [2.24, 2.45) is 0 Å². The zero-order valence-corrected chi connectivity index (χ0v) is 15.1. The Morgan fingerprint density at radius 3 is 2.23 bits per heavy atom. The number of nitro benzene ring substituents is 1. The van der Waals surface area contributed by atoms with Gasteiger partial charge in [-0.15, -0.1) is 0 Å². The average molecular weight is 354 g/mol. The molecule has 1 aliphatic heterocycles. The monoisotopic (exact) mass is 354 g/mol. The molecule has 6 heteroatoms. The number of nitro groups is 1. The molecule has 2 atom stereocenters. The SMILES string of the molecule is Cc1ccc(C(=O)c2ccc(N3CC(C)OC(C)C3)c([N+](=O)[O-])c2)cc1. The molecule has 1 aliphatic rings. The number of ketones is 1. The number of aryl methyl sites for hydroxylation is 1. The fourth-order valence-corrected chi connectivity index (χ4v) is 3.32. The van der Waals surface area contributed by atoms with Gasteiger partial charge in [-0.05, 0) is 32.9 Å². The lowest BCUT2D eigenvalue weighted by atomic mass is 10.0. The fourth-order valence-electron chi connectivity index (χ4n) is 3.32. The third-order valence-electron chi connectivity index (χ3n) is 4.51. The summed E-state index contributed by atoms with van der Waals surface area (Å²) in [5, 5.41) is 11.6. The maximum absolute atomic E-state index is 12.7. The van der Waals surface area contributed by atoms with E-state index in [0.29, 0.717) is 29.9 Å². The number of anilines is 1. The molecule has 0 aliphatic carbocycles. The minimum Gasteiger partial charge on any atom is -0.372 e. The van der Waals surface area contributed by atoms with Crippen molar-refractivity contribution in [3.63, 3.8) is 0 Å². The molecular weight excluding hydrogens is 332 g/mol. The molecule has 0 N–H and O–H groups in total. The number of benzene rings is 2. The van der Waals surface area contributed by atoms with Gasteiger partial charge in [-0.2, -0.15) is 0 Å². The van der Waals surface area contributed by atoms with Gasteiger partial charge in [-0.3, -0.25) is 14.9 Å². The molecule has 6 nitrogen and oxygen atoms in total. The topological polar surface area (TPSA) is 72.7 Å². The van der Waals surface area contributed by atoms with E-state index in [1.165, 1.54) is 6.07 Å². The van der Waals surface area contributed by atoms with E-state index in [1.54, 1.807) is 24.3 Å². The van der Waals surface area contributed by atoms with Crippen LogP contribution in [0.15, 0.2) is 42.5 Å². The molecule has 2 aromatic rings. The second kappa shape index (κ2) is 7.25. The Kier molecular flexibility index (Phi) is 5.04. The lowest BCUT2D eigenvalue weighted by Gasteiger charge is -2.36. The number of carbonyl (C=O) groups is 1. The number of ether oxygens (including phenoxy) is 1. The van der Waals surface area contributed by atoms with Crippen molar-refractivity contribution in [3.05, 3.63) is 69.3 Å². The van der Waals surface area contributed by atoms with Crippen molar-refractivity contribution in [1.29, 1.82) is 0 Å². The maximum Gasteiger partial charge on any atom is 0.293 e. The highest BCUT2D eigenvalue weighted by Crippen LogP contribution is 2.32. The van der Waals surface area contributed by atoms with Crippen molar-refractivity contribution >= 4 is 17.2 Å². The number of nitrogens with zero attached hydrogens (tertiary/aromatic N) is 2. The second-order valence-electron chi connectivity index (χ2n) is 6.82. The van der Waals surface area contributed by atoms with Crippen LogP contribution >= 0.6 is 0 Å². The zero-order chi connectivity index (χ0) is 18.8. The Hall–Kier alpha value is -2.73. The number of rotatable bonds is 4. The molecule has 1 saturated heterocycles. The summed E-state index contributed by atoms with van der Waals surface area (Å²) in [6, 6.07) is 11.9. The summed E-state index contributed by atoms with van der Waals surface area (Å²) in [7, 11) is 0. The smallest absolute Gasteiger partial charge is 0.293 e. The molecular formula is C20H22N2O4. The van der Waals surface area contributed by atoms with Crippen molar-refractivity contribution < 1.29 is 14.5 Å². The van der Waals surface area contributed by atoms with Crippen molar-refractivity contribution in [2.75, 3.05) is 18.0 Å². The van der Waals surface area contributed by atoms with Gasteiger partial charge in [0.15, 0.2) is 5.78 Å². The van der Waals surface area contributed by atoms with Gasteiger partial charge in [-0.1, -0.05) is 29.8 Å². The molecule has 0 saturated carbocycles.